The Bertz CT molecular complexity index is 1050. The Morgan fingerprint density at radius 2 is 1.57 bits per heavy atom. The van der Waals surface area contributed by atoms with Crippen molar-refractivity contribution >= 4 is 25.7 Å². The van der Waals surface area contributed by atoms with Crippen LogP contribution in [0.2, 0.25) is 0 Å². The Labute approximate surface area is 167 Å². The number of hydrogen-bond donors (Lipinski definition) is 2. The van der Waals surface area contributed by atoms with Crippen LogP contribution in [0.25, 0.3) is 0 Å². The smallest absolute Gasteiger partial charge is 0.261 e. The van der Waals surface area contributed by atoms with Crippen LogP contribution in [0.1, 0.15) is 43.7 Å². The quantitative estimate of drug-likeness (QED) is 0.638. The third-order valence-corrected chi connectivity index (χ3v) is 7.69. The second kappa shape index (κ2) is 8.63. The van der Waals surface area contributed by atoms with Gasteiger partial charge in [0.25, 0.3) is 10.0 Å². The van der Waals surface area contributed by atoms with Crippen LogP contribution in [-0.2, 0) is 32.9 Å². The molecule has 0 heterocycles. The Morgan fingerprint density at radius 3 is 2.32 bits per heavy atom. The van der Waals surface area contributed by atoms with Crippen LogP contribution >= 0.6 is 0 Å². The summed E-state index contributed by atoms with van der Waals surface area (Å²) in [5.41, 5.74) is 2.50. The maximum absolute atomic E-state index is 12.8. The predicted molar refractivity (Wildman–Crippen MR) is 110 cm³/mol. The molecule has 0 fully saturated rings. The summed E-state index contributed by atoms with van der Waals surface area (Å²) in [5.74, 6) is 0. The molecule has 0 spiro atoms. The van der Waals surface area contributed by atoms with Crippen LogP contribution in [0.5, 0.6) is 0 Å². The molecule has 0 atom stereocenters. The number of rotatable bonds is 8. The first-order valence-electron chi connectivity index (χ1n) is 9.56. The molecule has 28 heavy (non-hydrogen) atoms. The normalized spacial score (nSPS) is 14.5. The molecule has 0 bridgehead atoms. The number of aryl methyl sites for hydroxylation is 2. The maximum atomic E-state index is 12.8. The lowest BCUT2D eigenvalue weighted by atomic mass is 9.92. The summed E-state index contributed by atoms with van der Waals surface area (Å²) in [6, 6.07) is 11.1. The molecule has 8 heteroatoms. The summed E-state index contributed by atoms with van der Waals surface area (Å²) in [4.78, 5) is 0.233. The molecular formula is C20H26N2O4S2. The number of sulfonamides is 2. The molecule has 0 radical (unpaired) electrons. The molecule has 0 saturated heterocycles. The molecule has 2 N–H and O–H groups in total. The number of unbranched alkanes of at least 4 members (excludes halogenated alkanes) is 1. The van der Waals surface area contributed by atoms with Crippen molar-refractivity contribution in [2.45, 2.75) is 55.2 Å². The van der Waals surface area contributed by atoms with Crippen molar-refractivity contribution < 1.29 is 16.8 Å². The first-order valence-corrected chi connectivity index (χ1v) is 12.5. The van der Waals surface area contributed by atoms with Gasteiger partial charge in [-0.3, -0.25) is 4.72 Å². The predicted octanol–water partition coefficient (Wildman–Crippen LogP) is 3.44. The highest BCUT2D eigenvalue weighted by Gasteiger charge is 2.19. The average molecular weight is 423 g/mol. The van der Waals surface area contributed by atoms with Crippen LogP contribution in [0.4, 0.5) is 5.69 Å². The highest BCUT2D eigenvalue weighted by Crippen LogP contribution is 2.25. The number of benzene rings is 2. The van der Waals surface area contributed by atoms with E-state index in [-0.39, 0.29) is 15.5 Å². The summed E-state index contributed by atoms with van der Waals surface area (Å²) >= 11 is 0. The van der Waals surface area contributed by atoms with Gasteiger partial charge in [0.15, 0.2) is 0 Å². The summed E-state index contributed by atoms with van der Waals surface area (Å²) in [6.45, 7) is 2.33. The van der Waals surface area contributed by atoms with Gasteiger partial charge in [-0.2, -0.15) is 0 Å². The van der Waals surface area contributed by atoms with E-state index in [1.54, 1.807) is 18.2 Å². The molecule has 6 nitrogen and oxygen atoms in total. The second-order valence-corrected chi connectivity index (χ2v) is 10.5. The first kappa shape index (κ1) is 20.8. The van der Waals surface area contributed by atoms with Crippen molar-refractivity contribution in [1.29, 1.82) is 0 Å². The Hall–Kier alpha value is -1.90. The maximum Gasteiger partial charge on any atom is 0.261 e. The Morgan fingerprint density at radius 1 is 0.857 bits per heavy atom. The van der Waals surface area contributed by atoms with Crippen LogP contribution < -0.4 is 9.44 Å². The molecule has 1 aliphatic rings. The van der Waals surface area contributed by atoms with Crippen LogP contribution in [0.3, 0.4) is 0 Å². The zero-order valence-electron chi connectivity index (χ0n) is 15.9. The molecule has 3 rings (SSSR count). The standard InChI is InChI=1S/C20H26N2O4S2/c1-2-3-13-21-27(23,24)19-10-6-9-18(15-19)22-28(25,26)20-12-11-16-7-4-5-8-17(16)14-20/h6,9-12,14-15,21-22H,2-5,7-8,13H2,1H3. The molecule has 2 aromatic carbocycles. The van der Waals surface area contributed by atoms with Gasteiger partial charge in [0, 0.05) is 6.54 Å². The molecule has 2 aromatic rings. The Balaban J connectivity index is 1.81. The van der Waals surface area contributed by atoms with Crippen molar-refractivity contribution in [3.05, 3.63) is 53.6 Å². The lowest BCUT2D eigenvalue weighted by Gasteiger charge is -2.17. The summed E-state index contributed by atoms with van der Waals surface area (Å²) < 4.78 is 55.3. The lowest BCUT2D eigenvalue weighted by molar-refractivity contribution is 0.578. The zero-order chi connectivity index (χ0) is 20.2. The molecule has 0 aliphatic heterocycles. The second-order valence-electron chi connectivity index (χ2n) is 7.02. The van der Waals surface area contributed by atoms with Crippen LogP contribution in [0.15, 0.2) is 52.3 Å². The van der Waals surface area contributed by atoms with E-state index in [9.17, 15) is 16.8 Å². The van der Waals surface area contributed by atoms with Gasteiger partial charge in [-0.25, -0.2) is 21.6 Å². The van der Waals surface area contributed by atoms with E-state index < -0.39 is 20.0 Å². The van der Waals surface area contributed by atoms with E-state index in [1.165, 1.54) is 23.8 Å². The van der Waals surface area contributed by atoms with E-state index in [0.29, 0.717) is 6.54 Å². The fourth-order valence-corrected chi connectivity index (χ4v) is 5.50. The summed E-state index contributed by atoms with van der Waals surface area (Å²) in [7, 11) is -7.47. The van der Waals surface area contributed by atoms with Crippen molar-refractivity contribution in [2.75, 3.05) is 11.3 Å². The van der Waals surface area contributed by atoms with E-state index in [0.717, 1.165) is 44.1 Å². The van der Waals surface area contributed by atoms with Crippen LogP contribution in [0, 0.1) is 0 Å². The number of anilines is 1. The van der Waals surface area contributed by atoms with Gasteiger partial charge in [0.05, 0.1) is 15.5 Å². The van der Waals surface area contributed by atoms with E-state index in [2.05, 4.69) is 9.44 Å². The minimum atomic E-state index is -3.80. The van der Waals surface area contributed by atoms with Crippen molar-refractivity contribution in [2.24, 2.45) is 0 Å². The minimum absolute atomic E-state index is 0.0363. The van der Waals surface area contributed by atoms with Gasteiger partial charge in [-0.1, -0.05) is 25.5 Å². The van der Waals surface area contributed by atoms with Gasteiger partial charge in [0.1, 0.15) is 0 Å². The minimum Gasteiger partial charge on any atom is -0.280 e. The SMILES string of the molecule is CCCCNS(=O)(=O)c1cccc(NS(=O)(=O)c2ccc3c(c2)CCCC3)c1. The fraction of sp³-hybridized carbons (Fsp3) is 0.400. The number of fused-ring (bicyclic) bond motifs is 1. The van der Waals surface area contributed by atoms with E-state index in [4.69, 9.17) is 0 Å². The monoisotopic (exact) mass is 422 g/mol. The third-order valence-electron chi connectivity index (χ3n) is 4.85. The van der Waals surface area contributed by atoms with Crippen molar-refractivity contribution in [1.82, 2.24) is 4.72 Å². The fourth-order valence-electron chi connectivity index (χ4n) is 3.28. The Kier molecular flexibility index (Phi) is 6.42. The number of hydrogen-bond acceptors (Lipinski definition) is 4. The van der Waals surface area contributed by atoms with Gasteiger partial charge in [-0.05, 0) is 73.6 Å². The number of nitrogens with one attached hydrogen (secondary N) is 2. The first-order chi connectivity index (χ1) is 13.3. The highest BCUT2D eigenvalue weighted by molar-refractivity contribution is 7.92. The van der Waals surface area contributed by atoms with Crippen molar-refractivity contribution in [3.63, 3.8) is 0 Å². The molecule has 152 valence electrons. The summed E-state index contributed by atoms with van der Waals surface area (Å²) in [5, 5.41) is 0. The molecule has 0 saturated carbocycles. The highest BCUT2D eigenvalue weighted by atomic mass is 32.2. The topological polar surface area (TPSA) is 92.3 Å². The van der Waals surface area contributed by atoms with E-state index >= 15 is 0 Å². The average Bonchev–Trinajstić information content (AvgIpc) is 2.67. The zero-order valence-corrected chi connectivity index (χ0v) is 17.6. The molecule has 0 amide bonds. The largest absolute Gasteiger partial charge is 0.280 e. The van der Waals surface area contributed by atoms with Crippen molar-refractivity contribution in [3.8, 4) is 0 Å². The van der Waals surface area contributed by atoms with Crippen LogP contribution in [-0.4, -0.2) is 23.4 Å². The van der Waals surface area contributed by atoms with E-state index in [1.807, 2.05) is 13.0 Å². The molecule has 0 aromatic heterocycles. The molecule has 0 unspecified atom stereocenters. The molecular weight excluding hydrogens is 396 g/mol. The van der Waals surface area contributed by atoms with Gasteiger partial charge < -0.3 is 0 Å². The third kappa shape index (κ3) is 4.92. The molecule has 1 aliphatic carbocycles. The van der Waals surface area contributed by atoms with Gasteiger partial charge >= 0.3 is 0 Å². The lowest BCUT2D eigenvalue weighted by Crippen LogP contribution is -2.24. The van der Waals surface area contributed by atoms with Gasteiger partial charge in [-0.15, -0.1) is 0 Å². The summed E-state index contributed by atoms with van der Waals surface area (Å²) in [6.07, 6.45) is 5.68. The van der Waals surface area contributed by atoms with Gasteiger partial charge in [0.2, 0.25) is 10.0 Å².